The standard InChI is InChI=1S/C13H16ClNO3/c1-15-12-8-17-7-10(12)13(16)18-6-9-4-2-3-5-11(9)14/h2-5,10,12,15H,6-8H2,1H3. The third kappa shape index (κ3) is 3.02. The van der Waals surface area contributed by atoms with Gasteiger partial charge >= 0.3 is 5.97 Å². The van der Waals surface area contributed by atoms with Gasteiger partial charge in [-0.3, -0.25) is 4.79 Å². The first kappa shape index (κ1) is 13.3. The molecule has 0 aliphatic carbocycles. The lowest BCUT2D eigenvalue weighted by Gasteiger charge is -2.15. The summed E-state index contributed by atoms with van der Waals surface area (Å²) in [5, 5.41) is 3.66. The molecule has 0 radical (unpaired) electrons. The summed E-state index contributed by atoms with van der Waals surface area (Å²) in [7, 11) is 1.81. The lowest BCUT2D eigenvalue weighted by molar-refractivity contribution is -0.150. The summed E-state index contributed by atoms with van der Waals surface area (Å²) in [6.45, 7) is 1.15. The minimum Gasteiger partial charge on any atom is -0.460 e. The molecule has 2 rings (SSSR count). The van der Waals surface area contributed by atoms with Crippen LogP contribution in [0.2, 0.25) is 5.02 Å². The van der Waals surface area contributed by atoms with Crippen LogP contribution in [0.25, 0.3) is 0 Å². The molecule has 0 bridgehead atoms. The summed E-state index contributed by atoms with van der Waals surface area (Å²) in [5.74, 6) is -0.482. The lowest BCUT2D eigenvalue weighted by Crippen LogP contribution is -2.37. The van der Waals surface area contributed by atoms with Crippen molar-refractivity contribution in [3.63, 3.8) is 0 Å². The molecule has 1 heterocycles. The Balaban J connectivity index is 1.90. The van der Waals surface area contributed by atoms with E-state index in [4.69, 9.17) is 21.1 Å². The number of esters is 1. The van der Waals surface area contributed by atoms with E-state index in [1.165, 1.54) is 0 Å². The van der Waals surface area contributed by atoms with Crippen LogP contribution in [0.5, 0.6) is 0 Å². The van der Waals surface area contributed by atoms with Gasteiger partial charge in [0.25, 0.3) is 0 Å². The van der Waals surface area contributed by atoms with E-state index in [0.29, 0.717) is 18.2 Å². The molecule has 1 aromatic rings. The number of nitrogens with one attached hydrogen (secondary N) is 1. The molecule has 1 N–H and O–H groups in total. The second-order valence-electron chi connectivity index (χ2n) is 4.24. The van der Waals surface area contributed by atoms with Crippen molar-refractivity contribution in [2.45, 2.75) is 12.6 Å². The maximum Gasteiger partial charge on any atom is 0.313 e. The lowest BCUT2D eigenvalue weighted by atomic mass is 10.0. The smallest absolute Gasteiger partial charge is 0.313 e. The second kappa shape index (κ2) is 6.18. The number of rotatable bonds is 4. The number of hydrogen-bond donors (Lipinski definition) is 1. The molecule has 2 unspecified atom stereocenters. The van der Waals surface area contributed by atoms with Crippen molar-refractivity contribution in [1.29, 1.82) is 0 Å². The number of likely N-dealkylation sites (N-methyl/N-ethyl adjacent to an activating group) is 1. The zero-order valence-electron chi connectivity index (χ0n) is 10.2. The first-order chi connectivity index (χ1) is 8.72. The molecular formula is C13H16ClNO3. The van der Waals surface area contributed by atoms with Crippen LogP contribution in [0.3, 0.4) is 0 Å². The number of hydrogen-bond acceptors (Lipinski definition) is 4. The summed E-state index contributed by atoms with van der Waals surface area (Å²) in [5.41, 5.74) is 0.812. The van der Waals surface area contributed by atoms with Gasteiger partial charge in [0, 0.05) is 16.6 Å². The van der Waals surface area contributed by atoms with E-state index in [1.807, 2.05) is 25.2 Å². The van der Waals surface area contributed by atoms with Gasteiger partial charge in [0.2, 0.25) is 0 Å². The molecular weight excluding hydrogens is 254 g/mol. The Morgan fingerprint density at radius 3 is 3.00 bits per heavy atom. The molecule has 1 saturated heterocycles. The Morgan fingerprint density at radius 2 is 2.28 bits per heavy atom. The van der Waals surface area contributed by atoms with Gasteiger partial charge in [-0.05, 0) is 13.1 Å². The predicted octanol–water partition coefficient (Wildman–Crippen LogP) is 1.62. The van der Waals surface area contributed by atoms with Crippen molar-refractivity contribution in [3.05, 3.63) is 34.9 Å². The van der Waals surface area contributed by atoms with E-state index in [9.17, 15) is 4.79 Å². The van der Waals surface area contributed by atoms with Gasteiger partial charge in [-0.2, -0.15) is 0 Å². The highest BCUT2D eigenvalue weighted by Crippen LogP contribution is 2.19. The van der Waals surface area contributed by atoms with Crippen LogP contribution in [-0.2, 0) is 20.9 Å². The fraction of sp³-hybridized carbons (Fsp3) is 0.462. The molecule has 1 aliphatic rings. The van der Waals surface area contributed by atoms with Crippen LogP contribution < -0.4 is 5.32 Å². The van der Waals surface area contributed by atoms with Crippen LogP contribution >= 0.6 is 11.6 Å². The number of carbonyl (C=O) groups excluding carboxylic acids is 1. The minimum absolute atomic E-state index is 0.0312. The monoisotopic (exact) mass is 269 g/mol. The quantitative estimate of drug-likeness (QED) is 0.844. The Hall–Kier alpha value is -1.10. The zero-order chi connectivity index (χ0) is 13.0. The first-order valence-corrected chi connectivity index (χ1v) is 6.25. The number of ether oxygens (including phenoxy) is 2. The molecule has 0 saturated carbocycles. The normalized spacial score (nSPS) is 23.0. The van der Waals surface area contributed by atoms with Gasteiger partial charge in [-0.25, -0.2) is 0 Å². The van der Waals surface area contributed by atoms with Gasteiger partial charge in [0.05, 0.1) is 19.1 Å². The van der Waals surface area contributed by atoms with Crippen molar-refractivity contribution in [2.75, 3.05) is 20.3 Å². The van der Waals surface area contributed by atoms with Crippen LogP contribution in [0.15, 0.2) is 24.3 Å². The summed E-state index contributed by atoms with van der Waals surface area (Å²) < 4.78 is 10.5. The Morgan fingerprint density at radius 1 is 1.50 bits per heavy atom. The van der Waals surface area contributed by atoms with Crippen molar-refractivity contribution in [2.24, 2.45) is 5.92 Å². The molecule has 5 heteroatoms. The van der Waals surface area contributed by atoms with Gasteiger partial charge in [0.1, 0.15) is 6.61 Å². The van der Waals surface area contributed by atoms with Crippen molar-refractivity contribution < 1.29 is 14.3 Å². The number of benzene rings is 1. The molecule has 0 spiro atoms. The number of halogens is 1. The largest absolute Gasteiger partial charge is 0.460 e. The van der Waals surface area contributed by atoms with Gasteiger partial charge in [-0.15, -0.1) is 0 Å². The molecule has 1 aromatic carbocycles. The van der Waals surface area contributed by atoms with E-state index in [2.05, 4.69) is 5.32 Å². The Kier molecular flexibility index (Phi) is 4.58. The predicted molar refractivity (Wildman–Crippen MR) is 68.4 cm³/mol. The summed E-state index contributed by atoms with van der Waals surface area (Å²) >= 11 is 5.99. The van der Waals surface area contributed by atoms with E-state index < -0.39 is 0 Å². The summed E-state index contributed by atoms with van der Waals surface area (Å²) in [4.78, 5) is 11.9. The molecule has 98 valence electrons. The SMILES string of the molecule is CNC1COCC1C(=O)OCc1ccccc1Cl. The van der Waals surface area contributed by atoms with Crippen LogP contribution in [0.1, 0.15) is 5.56 Å². The van der Waals surface area contributed by atoms with Crippen LogP contribution in [-0.4, -0.2) is 32.3 Å². The van der Waals surface area contributed by atoms with Crippen molar-refractivity contribution in [3.8, 4) is 0 Å². The Bertz CT molecular complexity index is 424. The maximum atomic E-state index is 11.9. The average molecular weight is 270 g/mol. The summed E-state index contributed by atoms with van der Waals surface area (Å²) in [6, 6.07) is 7.36. The fourth-order valence-electron chi connectivity index (χ4n) is 1.94. The van der Waals surface area contributed by atoms with E-state index in [-0.39, 0.29) is 24.5 Å². The topological polar surface area (TPSA) is 47.6 Å². The maximum absolute atomic E-state index is 11.9. The van der Waals surface area contributed by atoms with E-state index in [1.54, 1.807) is 6.07 Å². The molecule has 2 atom stereocenters. The fourth-order valence-corrected chi connectivity index (χ4v) is 2.13. The molecule has 0 amide bonds. The van der Waals surface area contributed by atoms with Crippen LogP contribution in [0.4, 0.5) is 0 Å². The molecule has 1 aliphatic heterocycles. The van der Waals surface area contributed by atoms with Crippen molar-refractivity contribution in [1.82, 2.24) is 5.32 Å². The average Bonchev–Trinajstić information content (AvgIpc) is 2.86. The third-order valence-electron chi connectivity index (χ3n) is 3.08. The molecule has 1 fully saturated rings. The molecule has 4 nitrogen and oxygen atoms in total. The van der Waals surface area contributed by atoms with Gasteiger partial charge in [-0.1, -0.05) is 29.8 Å². The zero-order valence-corrected chi connectivity index (χ0v) is 10.9. The first-order valence-electron chi connectivity index (χ1n) is 5.87. The van der Waals surface area contributed by atoms with Gasteiger partial charge in [0.15, 0.2) is 0 Å². The highest BCUT2D eigenvalue weighted by Gasteiger charge is 2.34. The highest BCUT2D eigenvalue weighted by molar-refractivity contribution is 6.31. The highest BCUT2D eigenvalue weighted by atomic mass is 35.5. The van der Waals surface area contributed by atoms with Crippen LogP contribution in [0, 0.1) is 5.92 Å². The Labute approximate surface area is 111 Å². The number of carbonyl (C=O) groups is 1. The van der Waals surface area contributed by atoms with Gasteiger partial charge < -0.3 is 14.8 Å². The third-order valence-corrected chi connectivity index (χ3v) is 3.45. The molecule has 0 aromatic heterocycles. The minimum atomic E-state index is -0.244. The van der Waals surface area contributed by atoms with E-state index >= 15 is 0 Å². The van der Waals surface area contributed by atoms with Crippen molar-refractivity contribution >= 4 is 17.6 Å². The van der Waals surface area contributed by atoms with E-state index in [0.717, 1.165) is 5.56 Å². The summed E-state index contributed by atoms with van der Waals surface area (Å²) in [6.07, 6.45) is 0. The second-order valence-corrected chi connectivity index (χ2v) is 4.65. The molecule has 18 heavy (non-hydrogen) atoms.